The number of aromatic nitrogens is 1. The molecule has 15 heavy (non-hydrogen) atoms. The van der Waals surface area contributed by atoms with Crippen LogP contribution in [-0.4, -0.2) is 36.7 Å². The maximum absolute atomic E-state index is 6.12. The van der Waals surface area contributed by atoms with Gasteiger partial charge >= 0.3 is 0 Å². The van der Waals surface area contributed by atoms with Gasteiger partial charge < -0.3 is 9.64 Å². The van der Waals surface area contributed by atoms with Crippen molar-refractivity contribution in [2.24, 2.45) is 0 Å². The van der Waals surface area contributed by atoms with Gasteiger partial charge in [-0.2, -0.15) is 0 Å². The molecule has 1 aliphatic heterocycles. The van der Waals surface area contributed by atoms with E-state index in [1.807, 2.05) is 0 Å². The van der Waals surface area contributed by atoms with E-state index >= 15 is 0 Å². The van der Waals surface area contributed by atoms with Crippen LogP contribution in [0.5, 0.6) is 0 Å². The fourth-order valence-electron chi connectivity index (χ4n) is 1.55. The van der Waals surface area contributed by atoms with Gasteiger partial charge in [-0.15, -0.1) is 22.9 Å². The van der Waals surface area contributed by atoms with Crippen molar-refractivity contribution in [3.05, 3.63) is 11.1 Å². The highest BCUT2D eigenvalue weighted by atomic mass is 35.5. The molecule has 0 aromatic carbocycles. The highest BCUT2D eigenvalue weighted by Gasteiger charge is 2.18. The summed E-state index contributed by atoms with van der Waals surface area (Å²) in [5.74, 6) is 0. The summed E-state index contributed by atoms with van der Waals surface area (Å²) in [5.41, 5.74) is 1.16. The van der Waals surface area contributed by atoms with Crippen LogP contribution < -0.4 is 4.90 Å². The smallest absolute Gasteiger partial charge is 0.185 e. The SMILES string of the molecule is CCc1csc(N2CCOCC(Cl)C2)n1. The Hall–Kier alpha value is -0.320. The lowest BCUT2D eigenvalue weighted by molar-refractivity contribution is 0.154. The summed E-state index contributed by atoms with van der Waals surface area (Å²) in [4.78, 5) is 6.78. The molecular weight excluding hydrogens is 232 g/mol. The van der Waals surface area contributed by atoms with Crippen molar-refractivity contribution in [3.63, 3.8) is 0 Å². The van der Waals surface area contributed by atoms with Crippen LogP contribution in [0, 0.1) is 0 Å². The van der Waals surface area contributed by atoms with Crippen molar-refractivity contribution < 1.29 is 4.74 Å². The summed E-state index contributed by atoms with van der Waals surface area (Å²) >= 11 is 7.81. The number of ether oxygens (including phenoxy) is 1. The van der Waals surface area contributed by atoms with Crippen LogP contribution in [0.1, 0.15) is 12.6 Å². The van der Waals surface area contributed by atoms with Crippen LogP contribution in [0.3, 0.4) is 0 Å². The van der Waals surface area contributed by atoms with E-state index in [4.69, 9.17) is 16.3 Å². The maximum Gasteiger partial charge on any atom is 0.185 e. The Morgan fingerprint density at radius 3 is 3.33 bits per heavy atom. The molecule has 0 aliphatic carbocycles. The number of halogens is 1. The van der Waals surface area contributed by atoms with Crippen LogP contribution in [0.2, 0.25) is 0 Å². The number of nitrogens with zero attached hydrogens (tertiary/aromatic N) is 2. The molecule has 1 fully saturated rings. The van der Waals surface area contributed by atoms with Crippen molar-refractivity contribution in [3.8, 4) is 0 Å². The van der Waals surface area contributed by atoms with E-state index in [0.29, 0.717) is 6.61 Å². The summed E-state index contributed by atoms with van der Waals surface area (Å²) in [5, 5.41) is 3.26. The van der Waals surface area contributed by atoms with E-state index in [0.717, 1.165) is 36.9 Å². The van der Waals surface area contributed by atoms with Gasteiger partial charge in [0.15, 0.2) is 5.13 Å². The number of anilines is 1. The number of alkyl halides is 1. The fourth-order valence-corrected chi connectivity index (χ4v) is 2.75. The lowest BCUT2D eigenvalue weighted by Crippen LogP contribution is -2.30. The minimum absolute atomic E-state index is 0.0708. The van der Waals surface area contributed by atoms with Crippen molar-refractivity contribution in [1.82, 2.24) is 4.98 Å². The molecule has 1 aromatic rings. The summed E-state index contributed by atoms with van der Waals surface area (Å²) < 4.78 is 5.39. The molecule has 0 bridgehead atoms. The molecule has 1 unspecified atom stereocenters. The molecule has 2 heterocycles. The second kappa shape index (κ2) is 5.14. The van der Waals surface area contributed by atoms with Crippen molar-refractivity contribution >= 4 is 28.1 Å². The molecule has 0 amide bonds. The molecule has 0 spiro atoms. The predicted molar refractivity (Wildman–Crippen MR) is 64.2 cm³/mol. The first-order valence-corrected chi connectivity index (χ1v) is 6.52. The molecule has 2 rings (SSSR count). The Bertz CT molecular complexity index is 318. The minimum Gasteiger partial charge on any atom is -0.378 e. The summed E-state index contributed by atoms with van der Waals surface area (Å²) in [6, 6.07) is 0. The monoisotopic (exact) mass is 246 g/mol. The molecule has 5 heteroatoms. The molecule has 0 saturated carbocycles. The van der Waals surface area contributed by atoms with E-state index in [1.54, 1.807) is 11.3 Å². The third kappa shape index (κ3) is 2.83. The molecule has 0 N–H and O–H groups in total. The van der Waals surface area contributed by atoms with Crippen molar-refractivity contribution in [2.45, 2.75) is 18.7 Å². The Balaban J connectivity index is 2.07. The lowest BCUT2D eigenvalue weighted by atomic mass is 10.4. The maximum atomic E-state index is 6.12. The number of hydrogen-bond donors (Lipinski definition) is 0. The lowest BCUT2D eigenvalue weighted by Gasteiger charge is -2.19. The van der Waals surface area contributed by atoms with Crippen LogP contribution >= 0.6 is 22.9 Å². The molecule has 1 saturated heterocycles. The molecule has 1 atom stereocenters. The van der Waals surface area contributed by atoms with E-state index in [2.05, 4.69) is 22.2 Å². The predicted octanol–water partition coefficient (Wildman–Crippen LogP) is 2.15. The number of thiazole rings is 1. The highest BCUT2D eigenvalue weighted by molar-refractivity contribution is 7.13. The Labute approximate surface area is 99.0 Å². The number of aryl methyl sites for hydroxylation is 1. The third-order valence-electron chi connectivity index (χ3n) is 2.40. The second-order valence-corrected chi connectivity index (χ2v) is 5.05. The quantitative estimate of drug-likeness (QED) is 0.748. The zero-order valence-corrected chi connectivity index (χ0v) is 10.4. The zero-order valence-electron chi connectivity index (χ0n) is 8.78. The molecule has 3 nitrogen and oxygen atoms in total. The van der Waals surface area contributed by atoms with Gasteiger partial charge in [0.25, 0.3) is 0 Å². The molecular formula is C10H15ClN2OS. The fraction of sp³-hybridized carbons (Fsp3) is 0.700. The van der Waals surface area contributed by atoms with Gasteiger partial charge in [-0.05, 0) is 6.42 Å². The van der Waals surface area contributed by atoms with Gasteiger partial charge in [0.2, 0.25) is 0 Å². The summed E-state index contributed by atoms with van der Waals surface area (Å²) in [6.45, 7) is 5.22. The second-order valence-electron chi connectivity index (χ2n) is 3.59. The first-order valence-electron chi connectivity index (χ1n) is 5.20. The molecule has 1 aliphatic rings. The largest absolute Gasteiger partial charge is 0.378 e. The van der Waals surface area contributed by atoms with Gasteiger partial charge in [0.05, 0.1) is 24.3 Å². The number of hydrogen-bond acceptors (Lipinski definition) is 4. The van der Waals surface area contributed by atoms with E-state index < -0.39 is 0 Å². The standard InChI is InChI=1S/C10H15ClN2OS/c1-2-9-7-15-10(12-9)13-3-4-14-6-8(11)5-13/h7-8H,2-6H2,1H3. The van der Waals surface area contributed by atoms with Gasteiger partial charge in [0.1, 0.15) is 0 Å². The van der Waals surface area contributed by atoms with Crippen LogP contribution in [0.25, 0.3) is 0 Å². The summed E-state index contributed by atoms with van der Waals surface area (Å²) in [6.07, 6.45) is 0.991. The minimum atomic E-state index is 0.0708. The molecule has 84 valence electrons. The number of rotatable bonds is 2. The van der Waals surface area contributed by atoms with Gasteiger partial charge in [-0.25, -0.2) is 4.98 Å². The van der Waals surface area contributed by atoms with Crippen LogP contribution in [0.4, 0.5) is 5.13 Å². The first-order chi connectivity index (χ1) is 7.29. The van der Waals surface area contributed by atoms with E-state index in [9.17, 15) is 0 Å². The zero-order chi connectivity index (χ0) is 10.7. The Morgan fingerprint density at radius 1 is 1.73 bits per heavy atom. The average Bonchev–Trinajstić information content (AvgIpc) is 2.61. The Morgan fingerprint density at radius 2 is 2.60 bits per heavy atom. The van der Waals surface area contributed by atoms with Gasteiger partial charge in [0, 0.05) is 18.5 Å². The topological polar surface area (TPSA) is 25.4 Å². The summed E-state index contributed by atoms with van der Waals surface area (Å²) in [7, 11) is 0. The molecule has 0 radical (unpaired) electrons. The third-order valence-corrected chi connectivity index (χ3v) is 3.61. The highest BCUT2D eigenvalue weighted by Crippen LogP contribution is 2.22. The van der Waals surface area contributed by atoms with E-state index in [-0.39, 0.29) is 5.38 Å². The van der Waals surface area contributed by atoms with Crippen molar-refractivity contribution in [2.75, 3.05) is 31.2 Å². The normalized spacial score (nSPS) is 22.8. The van der Waals surface area contributed by atoms with Crippen LogP contribution in [-0.2, 0) is 11.2 Å². The average molecular weight is 247 g/mol. The van der Waals surface area contributed by atoms with E-state index in [1.165, 1.54) is 0 Å². The Kier molecular flexibility index (Phi) is 3.83. The van der Waals surface area contributed by atoms with Crippen LogP contribution in [0.15, 0.2) is 5.38 Å². The molecule has 1 aromatic heterocycles. The van der Waals surface area contributed by atoms with Gasteiger partial charge in [-0.3, -0.25) is 0 Å². The van der Waals surface area contributed by atoms with Crippen molar-refractivity contribution in [1.29, 1.82) is 0 Å². The first kappa shape index (κ1) is 11.2. The van der Waals surface area contributed by atoms with Gasteiger partial charge in [-0.1, -0.05) is 6.92 Å².